The second-order valence-corrected chi connectivity index (χ2v) is 5.25. The van der Waals surface area contributed by atoms with Gasteiger partial charge in [-0.05, 0) is 23.8 Å². The van der Waals surface area contributed by atoms with E-state index in [4.69, 9.17) is 16.4 Å². The summed E-state index contributed by atoms with van der Waals surface area (Å²) in [5.74, 6) is 0. The standard InChI is InChI=1S/C14H13ClF3N3O3/c1-20-11(14(16,17)18)6-12(22)21(13(20)23)9-3-4-10(15)8(5-9)7-19-24-2/h3-6,19H,7H2,1-2H3. The quantitative estimate of drug-likeness (QED) is 0.842. The van der Waals surface area contributed by atoms with Crippen molar-refractivity contribution in [1.29, 1.82) is 0 Å². The van der Waals surface area contributed by atoms with E-state index in [1.807, 2.05) is 0 Å². The van der Waals surface area contributed by atoms with E-state index in [2.05, 4.69) is 5.48 Å². The van der Waals surface area contributed by atoms with Gasteiger partial charge in [0, 0.05) is 24.7 Å². The first-order chi connectivity index (χ1) is 11.2. The summed E-state index contributed by atoms with van der Waals surface area (Å²) in [7, 11) is 2.35. The number of rotatable bonds is 4. The number of hydrogen-bond acceptors (Lipinski definition) is 4. The molecule has 1 heterocycles. The van der Waals surface area contributed by atoms with Crippen molar-refractivity contribution in [3.63, 3.8) is 0 Å². The Bertz CT molecular complexity index is 874. The van der Waals surface area contributed by atoms with Crippen LogP contribution in [0.5, 0.6) is 0 Å². The topological polar surface area (TPSA) is 65.3 Å². The second-order valence-electron chi connectivity index (χ2n) is 4.84. The Labute approximate surface area is 139 Å². The molecule has 0 spiro atoms. The van der Waals surface area contributed by atoms with Crippen LogP contribution in [0.15, 0.2) is 33.9 Å². The van der Waals surface area contributed by atoms with Gasteiger partial charge in [0.2, 0.25) is 0 Å². The molecule has 2 rings (SSSR count). The van der Waals surface area contributed by atoms with Gasteiger partial charge in [-0.15, -0.1) is 0 Å². The van der Waals surface area contributed by atoms with E-state index >= 15 is 0 Å². The summed E-state index contributed by atoms with van der Waals surface area (Å²) < 4.78 is 39.6. The van der Waals surface area contributed by atoms with Gasteiger partial charge in [-0.3, -0.25) is 9.36 Å². The summed E-state index contributed by atoms with van der Waals surface area (Å²) in [5, 5.41) is 0.347. The molecule has 0 unspecified atom stereocenters. The summed E-state index contributed by atoms with van der Waals surface area (Å²) in [6.07, 6.45) is -4.81. The lowest BCUT2D eigenvalue weighted by molar-refractivity contribution is -0.144. The maximum absolute atomic E-state index is 12.9. The predicted molar refractivity (Wildman–Crippen MR) is 81.1 cm³/mol. The summed E-state index contributed by atoms with van der Waals surface area (Å²) in [6, 6.07) is 4.61. The molecule has 6 nitrogen and oxygen atoms in total. The third kappa shape index (κ3) is 3.53. The number of benzene rings is 1. The van der Waals surface area contributed by atoms with Crippen LogP contribution in [0.2, 0.25) is 5.02 Å². The number of halogens is 4. The molecule has 0 atom stereocenters. The Morgan fingerprint density at radius 3 is 2.50 bits per heavy atom. The smallest absolute Gasteiger partial charge is 0.305 e. The van der Waals surface area contributed by atoms with Gasteiger partial charge in [0.1, 0.15) is 5.69 Å². The van der Waals surface area contributed by atoms with Crippen molar-refractivity contribution in [2.45, 2.75) is 12.7 Å². The van der Waals surface area contributed by atoms with Crippen LogP contribution in [0.25, 0.3) is 5.69 Å². The van der Waals surface area contributed by atoms with E-state index in [1.54, 1.807) is 0 Å². The Morgan fingerprint density at radius 2 is 1.92 bits per heavy atom. The van der Waals surface area contributed by atoms with Gasteiger partial charge in [0.05, 0.1) is 12.8 Å². The van der Waals surface area contributed by atoms with E-state index in [1.165, 1.54) is 25.3 Å². The fourth-order valence-corrected chi connectivity index (χ4v) is 2.31. The fourth-order valence-electron chi connectivity index (χ4n) is 2.12. The molecule has 1 aromatic heterocycles. The van der Waals surface area contributed by atoms with E-state index in [0.29, 0.717) is 25.8 Å². The monoisotopic (exact) mass is 363 g/mol. The average molecular weight is 364 g/mol. The van der Waals surface area contributed by atoms with Crippen LogP contribution in [-0.2, 0) is 24.6 Å². The molecule has 0 bridgehead atoms. The van der Waals surface area contributed by atoms with Gasteiger partial charge in [-0.25, -0.2) is 9.36 Å². The van der Waals surface area contributed by atoms with Crippen LogP contribution in [0.1, 0.15) is 11.3 Å². The van der Waals surface area contributed by atoms with E-state index in [9.17, 15) is 22.8 Å². The van der Waals surface area contributed by atoms with Crippen LogP contribution in [0, 0.1) is 0 Å². The minimum atomic E-state index is -4.81. The van der Waals surface area contributed by atoms with E-state index in [-0.39, 0.29) is 12.2 Å². The average Bonchev–Trinajstić information content (AvgIpc) is 2.50. The first-order valence-corrected chi connectivity index (χ1v) is 6.99. The van der Waals surface area contributed by atoms with Gasteiger partial charge in [-0.1, -0.05) is 11.6 Å². The normalized spacial score (nSPS) is 11.8. The summed E-state index contributed by atoms with van der Waals surface area (Å²) in [4.78, 5) is 29.0. The Hall–Kier alpha value is -2.10. The number of alkyl halides is 3. The molecule has 0 saturated heterocycles. The second kappa shape index (κ2) is 6.80. The molecule has 1 N–H and O–H groups in total. The summed E-state index contributed by atoms with van der Waals surface area (Å²) >= 11 is 6.00. The lowest BCUT2D eigenvalue weighted by atomic mass is 10.2. The highest BCUT2D eigenvalue weighted by Gasteiger charge is 2.35. The highest BCUT2D eigenvalue weighted by atomic mass is 35.5. The first kappa shape index (κ1) is 18.2. The molecule has 24 heavy (non-hydrogen) atoms. The third-order valence-electron chi connectivity index (χ3n) is 3.31. The zero-order valence-electron chi connectivity index (χ0n) is 12.6. The van der Waals surface area contributed by atoms with Crippen LogP contribution in [-0.4, -0.2) is 16.2 Å². The molecule has 0 aliphatic carbocycles. The van der Waals surface area contributed by atoms with Crippen LogP contribution < -0.4 is 16.7 Å². The summed E-state index contributed by atoms with van der Waals surface area (Å²) in [5.41, 5.74) is -0.351. The minimum Gasteiger partial charge on any atom is -0.305 e. The molecule has 0 aliphatic rings. The third-order valence-corrected chi connectivity index (χ3v) is 3.67. The first-order valence-electron chi connectivity index (χ1n) is 6.61. The molecule has 0 aliphatic heterocycles. The highest BCUT2D eigenvalue weighted by Crippen LogP contribution is 2.27. The lowest BCUT2D eigenvalue weighted by Gasteiger charge is -2.14. The SMILES string of the molecule is CONCc1cc(-n2c(=O)cc(C(F)(F)F)n(C)c2=O)ccc1Cl. The number of nitrogens with one attached hydrogen (secondary N) is 1. The highest BCUT2D eigenvalue weighted by molar-refractivity contribution is 6.31. The van der Waals surface area contributed by atoms with E-state index < -0.39 is 23.1 Å². The number of aromatic nitrogens is 2. The van der Waals surface area contributed by atoms with Crippen molar-refractivity contribution in [3.05, 3.63) is 61.4 Å². The zero-order valence-corrected chi connectivity index (χ0v) is 13.4. The maximum atomic E-state index is 12.9. The fraction of sp³-hybridized carbons (Fsp3) is 0.286. The van der Waals surface area contributed by atoms with Gasteiger partial charge in [0.25, 0.3) is 5.56 Å². The lowest BCUT2D eigenvalue weighted by Crippen LogP contribution is -2.40. The Balaban J connectivity index is 2.64. The molecule has 2 aromatic rings. The predicted octanol–water partition coefficient (Wildman–Crippen LogP) is 1.86. The van der Waals surface area contributed by atoms with Crippen molar-refractivity contribution >= 4 is 11.6 Å². The largest absolute Gasteiger partial charge is 0.431 e. The minimum absolute atomic E-state index is 0.103. The zero-order chi connectivity index (χ0) is 18.1. The maximum Gasteiger partial charge on any atom is 0.431 e. The van der Waals surface area contributed by atoms with Crippen LogP contribution in [0.4, 0.5) is 13.2 Å². The molecule has 0 fully saturated rings. The number of hydrogen-bond donors (Lipinski definition) is 1. The number of hydroxylamine groups is 1. The molecule has 0 radical (unpaired) electrons. The molecule has 1 aromatic carbocycles. The number of nitrogens with zero attached hydrogens (tertiary/aromatic N) is 2. The van der Waals surface area contributed by atoms with Gasteiger partial charge in [0.15, 0.2) is 0 Å². The Morgan fingerprint density at radius 1 is 1.25 bits per heavy atom. The summed E-state index contributed by atoms with van der Waals surface area (Å²) in [6.45, 7) is 0.179. The van der Waals surface area contributed by atoms with Gasteiger partial charge in [-0.2, -0.15) is 18.7 Å². The van der Waals surface area contributed by atoms with Gasteiger partial charge >= 0.3 is 11.9 Å². The van der Waals surface area contributed by atoms with Crippen molar-refractivity contribution in [2.24, 2.45) is 7.05 Å². The van der Waals surface area contributed by atoms with Crippen LogP contribution >= 0.6 is 11.6 Å². The Kier molecular flexibility index (Phi) is 5.16. The van der Waals surface area contributed by atoms with Gasteiger partial charge < -0.3 is 4.84 Å². The molecule has 130 valence electrons. The van der Waals surface area contributed by atoms with Crippen molar-refractivity contribution in [3.8, 4) is 5.69 Å². The van der Waals surface area contributed by atoms with Crippen molar-refractivity contribution in [1.82, 2.24) is 14.6 Å². The van der Waals surface area contributed by atoms with Crippen molar-refractivity contribution < 1.29 is 18.0 Å². The van der Waals surface area contributed by atoms with Crippen molar-refractivity contribution in [2.75, 3.05) is 7.11 Å². The molecule has 0 saturated carbocycles. The molecule has 0 amide bonds. The van der Waals surface area contributed by atoms with Crippen LogP contribution in [0.3, 0.4) is 0 Å². The molecular formula is C14H13ClF3N3O3. The molecule has 10 heteroatoms. The van der Waals surface area contributed by atoms with E-state index in [0.717, 1.165) is 7.05 Å². The molecular weight excluding hydrogens is 351 g/mol.